The molecule has 0 saturated carbocycles. The Kier molecular flexibility index (Phi) is 5.97. The van der Waals surface area contributed by atoms with Crippen LogP contribution in [0.25, 0.3) is 0 Å². The van der Waals surface area contributed by atoms with Crippen LogP contribution in [0, 0.1) is 0 Å². The fourth-order valence-corrected chi connectivity index (χ4v) is 2.23. The molecule has 0 aliphatic heterocycles. The molecule has 0 radical (unpaired) electrons. The minimum absolute atomic E-state index is 0.0948. The molecule has 0 aliphatic rings. The molecule has 1 aromatic heterocycles. The average molecular weight is 331 g/mol. The van der Waals surface area contributed by atoms with Crippen LogP contribution in [-0.2, 0) is 4.79 Å². The van der Waals surface area contributed by atoms with Gasteiger partial charge in [-0.05, 0) is 38.4 Å². The van der Waals surface area contributed by atoms with E-state index in [9.17, 15) is 9.59 Å². The van der Waals surface area contributed by atoms with Gasteiger partial charge in [0.2, 0.25) is 0 Å². The van der Waals surface area contributed by atoms with Gasteiger partial charge in [0.15, 0.2) is 6.61 Å². The van der Waals surface area contributed by atoms with Gasteiger partial charge in [-0.1, -0.05) is 12.1 Å². The predicted octanol–water partition coefficient (Wildman–Crippen LogP) is 1.18. The first kappa shape index (κ1) is 17.6. The molecule has 2 amide bonds. The number of nitrogens with zero attached hydrogens (tertiary/aromatic N) is 1. The zero-order chi connectivity index (χ0) is 17.5. The standard InChI is InChI=1S/C17H21N3O4/c1-20(2)13(15-8-5-9-23-15)10-19-17(22)12-6-3-4-7-14(12)24-11-16(18)21/h3-9,13H,10-11H2,1-2H3,(H2,18,21)(H,19,22). The molecule has 128 valence electrons. The van der Waals surface area contributed by atoms with E-state index in [4.69, 9.17) is 14.9 Å². The number of hydrogen-bond donors (Lipinski definition) is 2. The van der Waals surface area contributed by atoms with Crippen LogP contribution in [0.5, 0.6) is 5.75 Å². The molecule has 7 heteroatoms. The summed E-state index contributed by atoms with van der Waals surface area (Å²) in [6.45, 7) is 0.0838. The van der Waals surface area contributed by atoms with Crippen molar-refractivity contribution in [1.82, 2.24) is 10.2 Å². The molecule has 24 heavy (non-hydrogen) atoms. The second kappa shape index (κ2) is 8.16. The van der Waals surface area contributed by atoms with Gasteiger partial charge in [0.25, 0.3) is 11.8 Å². The van der Waals surface area contributed by atoms with Gasteiger partial charge in [-0.25, -0.2) is 0 Å². The van der Waals surface area contributed by atoms with Crippen LogP contribution >= 0.6 is 0 Å². The first-order chi connectivity index (χ1) is 11.5. The number of amides is 2. The average Bonchev–Trinajstić information content (AvgIpc) is 3.07. The maximum absolute atomic E-state index is 12.5. The Morgan fingerprint density at radius 3 is 2.62 bits per heavy atom. The third kappa shape index (κ3) is 4.60. The molecule has 0 fully saturated rings. The van der Waals surface area contributed by atoms with Gasteiger partial charge < -0.3 is 20.2 Å². The zero-order valence-corrected chi connectivity index (χ0v) is 13.7. The van der Waals surface area contributed by atoms with Gasteiger partial charge in [0.05, 0.1) is 17.9 Å². The fraction of sp³-hybridized carbons (Fsp3) is 0.294. The van der Waals surface area contributed by atoms with E-state index < -0.39 is 5.91 Å². The highest BCUT2D eigenvalue weighted by Crippen LogP contribution is 2.20. The predicted molar refractivity (Wildman–Crippen MR) is 88.6 cm³/mol. The Balaban J connectivity index is 2.05. The summed E-state index contributed by atoms with van der Waals surface area (Å²) in [4.78, 5) is 25.3. The maximum atomic E-state index is 12.5. The SMILES string of the molecule is CN(C)C(CNC(=O)c1ccccc1OCC(N)=O)c1ccco1. The van der Waals surface area contributed by atoms with Gasteiger partial charge in [-0.2, -0.15) is 0 Å². The van der Waals surface area contributed by atoms with E-state index in [1.54, 1.807) is 36.6 Å². The summed E-state index contributed by atoms with van der Waals surface area (Å²) in [6, 6.07) is 10.3. The lowest BCUT2D eigenvalue weighted by atomic mass is 10.1. The van der Waals surface area contributed by atoms with Crippen molar-refractivity contribution in [2.45, 2.75) is 6.04 Å². The van der Waals surface area contributed by atoms with Crippen LogP contribution in [-0.4, -0.2) is 44.0 Å². The molecule has 2 aromatic rings. The normalized spacial score (nSPS) is 12.0. The summed E-state index contributed by atoms with van der Waals surface area (Å²) >= 11 is 0. The lowest BCUT2D eigenvalue weighted by Crippen LogP contribution is -2.34. The monoisotopic (exact) mass is 331 g/mol. The molecule has 0 spiro atoms. The number of hydrogen-bond acceptors (Lipinski definition) is 5. The Morgan fingerprint density at radius 1 is 1.25 bits per heavy atom. The highest BCUT2D eigenvalue weighted by atomic mass is 16.5. The molecule has 7 nitrogen and oxygen atoms in total. The van der Waals surface area contributed by atoms with Gasteiger partial charge in [-0.3, -0.25) is 14.5 Å². The van der Waals surface area contributed by atoms with Crippen LogP contribution < -0.4 is 15.8 Å². The van der Waals surface area contributed by atoms with E-state index in [1.165, 1.54) is 0 Å². The van der Waals surface area contributed by atoms with Crippen molar-refractivity contribution in [3.8, 4) is 5.75 Å². The second-order valence-corrected chi connectivity index (χ2v) is 5.46. The first-order valence-electron chi connectivity index (χ1n) is 7.47. The number of furan rings is 1. The number of benzene rings is 1. The van der Waals surface area contributed by atoms with E-state index in [0.29, 0.717) is 17.9 Å². The molecule has 2 rings (SSSR count). The fourth-order valence-electron chi connectivity index (χ4n) is 2.23. The van der Waals surface area contributed by atoms with Crippen LogP contribution in [0.4, 0.5) is 0 Å². The summed E-state index contributed by atoms with van der Waals surface area (Å²) in [7, 11) is 3.81. The summed E-state index contributed by atoms with van der Waals surface area (Å²) in [5.41, 5.74) is 5.42. The molecule has 0 bridgehead atoms. The topological polar surface area (TPSA) is 97.8 Å². The van der Waals surface area contributed by atoms with Crippen LogP contribution in [0.2, 0.25) is 0 Å². The summed E-state index contributed by atoms with van der Waals surface area (Å²) in [5, 5.41) is 2.86. The molecular weight excluding hydrogens is 310 g/mol. The van der Waals surface area contributed by atoms with Crippen LogP contribution in [0.1, 0.15) is 22.2 Å². The van der Waals surface area contributed by atoms with Gasteiger partial charge in [0.1, 0.15) is 11.5 Å². The molecule has 1 unspecified atom stereocenters. The highest BCUT2D eigenvalue weighted by Gasteiger charge is 2.19. The Morgan fingerprint density at radius 2 is 2.00 bits per heavy atom. The van der Waals surface area contributed by atoms with Crippen LogP contribution in [0.15, 0.2) is 47.1 Å². The van der Waals surface area contributed by atoms with Crippen molar-refractivity contribution in [2.75, 3.05) is 27.2 Å². The van der Waals surface area contributed by atoms with E-state index in [1.807, 2.05) is 25.1 Å². The van der Waals surface area contributed by atoms with Crippen molar-refractivity contribution in [1.29, 1.82) is 0 Å². The van der Waals surface area contributed by atoms with Crippen LogP contribution in [0.3, 0.4) is 0 Å². The number of carbonyl (C=O) groups excluding carboxylic acids is 2. The van der Waals surface area contributed by atoms with E-state index in [-0.39, 0.29) is 18.6 Å². The molecule has 1 atom stereocenters. The largest absolute Gasteiger partial charge is 0.483 e. The number of ether oxygens (including phenoxy) is 1. The minimum atomic E-state index is -0.601. The molecule has 0 aliphatic carbocycles. The number of likely N-dealkylation sites (N-methyl/N-ethyl adjacent to an activating group) is 1. The number of carbonyl (C=O) groups is 2. The number of primary amides is 1. The Labute approximate surface area is 140 Å². The van der Waals surface area contributed by atoms with Crippen molar-refractivity contribution < 1.29 is 18.7 Å². The summed E-state index contributed by atoms with van der Waals surface area (Å²) in [5.74, 6) is 0.177. The number of nitrogens with two attached hydrogens (primary N) is 1. The Bertz CT molecular complexity index is 683. The highest BCUT2D eigenvalue weighted by molar-refractivity contribution is 5.97. The third-order valence-electron chi connectivity index (χ3n) is 3.45. The smallest absolute Gasteiger partial charge is 0.255 e. The lowest BCUT2D eigenvalue weighted by Gasteiger charge is -2.22. The molecule has 1 heterocycles. The van der Waals surface area contributed by atoms with E-state index in [2.05, 4.69) is 5.32 Å². The van der Waals surface area contributed by atoms with Crippen molar-refractivity contribution in [3.05, 3.63) is 54.0 Å². The first-order valence-corrected chi connectivity index (χ1v) is 7.47. The van der Waals surface area contributed by atoms with Gasteiger partial charge >= 0.3 is 0 Å². The summed E-state index contributed by atoms with van der Waals surface area (Å²) in [6.07, 6.45) is 1.60. The number of nitrogens with one attached hydrogen (secondary N) is 1. The lowest BCUT2D eigenvalue weighted by molar-refractivity contribution is -0.119. The Hall–Kier alpha value is -2.80. The molecular formula is C17H21N3O4. The maximum Gasteiger partial charge on any atom is 0.255 e. The number of rotatable bonds is 8. The van der Waals surface area contributed by atoms with Crippen molar-refractivity contribution >= 4 is 11.8 Å². The third-order valence-corrected chi connectivity index (χ3v) is 3.45. The van der Waals surface area contributed by atoms with Crippen molar-refractivity contribution in [3.63, 3.8) is 0 Å². The number of para-hydroxylation sites is 1. The van der Waals surface area contributed by atoms with Crippen molar-refractivity contribution in [2.24, 2.45) is 5.73 Å². The van der Waals surface area contributed by atoms with E-state index >= 15 is 0 Å². The second-order valence-electron chi connectivity index (χ2n) is 5.46. The van der Waals surface area contributed by atoms with E-state index in [0.717, 1.165) is 5.76 Å². The minimum Gasteiger partial charge on any atom is -0.483 e. The molecule has 0 saturated heterocycles. The van der Waals surface area contributed by atoms with Gasteiger partial charge in [0, 0.05) is 6.54 Å². The zero-order valence-electron chi connectivity index (χ0n) is 13.7. The van der Waals surface area contributed by atoms with Gasteiger partial charge in [-0.15, -0.1) is 0 Å². The summed E-state index contributed by atoms with van der Waals surface area (Å²) < 4.78 is 10.7. The molecule has 3 N–H and O–H groups in total. The molecule has 1 aromatic carbocycles. The quantitative estimate of drug-likeness (QED) is 0.757.